The number of benzene rings is 1. The van der Waals surface area contributed by atoms with Gasteiger partial charge in [0, 0.05) is 16.5 Å². The summed E-state index contributed by atoms with van der Waals surface area (Å²) in [7, 11) is 0. The minimum absolute atomic E-state index is 0.160. The standard InChI is InChI=1S/C20H16N2O/c1-20(2)11-10-18-17(19(20)23)9-8-16(22-18)7-6-14-4-3-5-15(12-14)13-21/h3-5,8-9,12H,10-11H2,1-2H3. The predicted molar refractivity (Wildman–Crippen MR) is 87.8 cm³/mol. The molecule has 112 valence electrons. The average Bonchev–Trinajstić information content (AvgIpc) is 2.57. The Morgan fingerprint density at radius 1 is 1.13 bits per heavy atom. The second kappa shape index (κ2) is 5.71. The molecule has 0 aliphatic heterocycles. The molecule has 0 unspecified atom stereocenters. The summed E-state index contributed by atoms with van der Waals surface area (Å²) in [6.07, 6.45) is 1.61. The van der Waals surface area contributed by atoms with Gasteiger partial charge in [0.05, 0.1) is 17.3 Å². The van der Waals surface area contributed by atoms with Crippen molar-refractivity contribution in [3.63, 3.8) is 0 Å². The number of carbonyl (C=O) groups excluding carboxylic acids is 1. The number of pyridine rings is 1. The van der Waals surface area contributed by atoms with E-state index in [-0.39, 0.29) is 11.2 Å². The summed E-state index contributed by atoms with van der Waals surface area (Å²) in [4.78, 5) is 16.9. The van der Waals surface area contributed by atoms with Crippen LogP contribution in [0.1, 0.15) is 53.1 Å². The van der Waals surface area contributed by atoms with E-state index in [1.807, 2.05) is 32.0 Å². The van der Waals surface area contributed by atoms with Gasteiger partial charge in [0.2, 0.25) is 0 Å². The number of nitrogens with zero attached hydrogens (tertiary/aromatic N) is 2. The van der Waals surface area contributed by atoms with Crippen LogP contribution in [0.25, 0.3) is 0 Å². The summed E-state index contributed by atoms with van der Waals surface area (Å²) in [6.45, 7) is 3.96. The molecule has 3 rings (SSSR count). The number of rotatable bonds is 0. The number of hydrogen-bond acceptors (Lipinski definition) is 3. The smallest absolute Gasteiger partial charge is 0.170 e. The minimum atomic E-state index is -0.306. The van der Waals surface area contributed by atoms with E-state index >= 15 is 0 Å². The lowest BCUT2D eigenvalue weighted by molar-refractivity contribution is 0.0809. The van der Waals surface area contributed by atoms with Gasteiger partial charge in [0.15, 0.2) is 5.78 Å². The first kappa shape index (κ1) is 15.0. The first-order valence-corrected chi connectivity index (χ1v) is 7.56. The van der Waals surface area contributed by atoms with Gasteiger partial charge < -0.3 is 0 Å². The fourth-order valence-electron chi connectivity index (χ4n) is 2.68. The zero-order valence-corrected chi connectivity index (χ0v) is 13.2. The molecule has 0 saturated heterocycles. The Balaban J connectivity index is 1.91. The van der Waals surface area contributed by atoms with E-state index in [0.29, 0.717) is 11.3 Å². The SMILES string of the molecule is CC1(C)CCc2nc(C#Cc3cccc(C#N)c3)ccc2C1=O. The monoisotopic (exact) mass is 300 g/mol. The molecule has 0 saturated carbocycles. The van der Waals surface area contributed by atoms with E-state index in [1.165, 1.54) is 0 Å². The molecule has 0 bridgehead atoms. The van der Waals surface area contributed by atoms with Crippen molar-refractivity contribution in [2.45, 2.75) is 26.7 Å². The Morgan fingerprint density at radius 3 is 2.70 bits per heavy atom. The summed E-state index contributed by atoms with van der Waals surface area (Å²) in [5.74, 6) is 6.20. The number of fused-ring (bicyclic) bond motifs is 1. The Bertz CT molecular complexity index is 892. The van der Waals surface area contributed by atoms with Crippen LogP contribution in [-0.4, -0.2) is 10.8 Å². The highest BCUT2D eigenvalue weighted by atomic mass is 16.1. The third kappa shape index (κ3) is 3.00. The van der Waals surface area contributed by atoms with E-state index < -0.39 is 0 Å². The van der Waals surface area contributed by atoms with Crippen LogP contribution in [0.15, 0.2) is 36.4 Å². The molecular formula is C20H16N2O. The van der Waals surface area contributed by atoms with E-state index in [2.05, 4.69) is 22.9 Å². The molecule has 23 heavy (non-hydrogen) atoms. The summed E-state index contributed by atoms with van der Waals surface area (Å²) in [6, 6.07) is 12.9. The van der Waals surface area contributed by atoms with Crippen molar-refractivity contribution in [3.05, 3.63) is 64.5 Å². The number of ketones is 1. The third-order valence-electron chi connectivity index (χ3n) is 4.15. The number of carbonyl (C=O) groups is 1. The highest BCUT2D eigenvalue weighted by Crippen LogP contribution is 2.33. The normalized spacial score (nSPS) is 15.1. The minimum Gasteiger partial charge on any atom is -0.294 e. The Morgan fingerprint density at radius 2 is 1.91 bits per heavy atom. The maximum atomic E-state index is 12.4. The summed E-state index contributed by atoms with van der Waals surface area (Å²) < 4.78 is 0. The molecule has 0 spiro atoms. The van der Waals surface area contributed by atoms with E-state index in [1.54, 1.807) is 18.2 Å². The average molecular weight is 300 g/mol. The van der Waals surface area contributed by atoms with Gasteiger partial charge in [-0.3, -0.25) is 4.79 Å². The molecule has 3 nitrogen and oxygen atoms in total. The topological polar surface area (TPSA) is 53.8 Å². The first-order valence-electron chi connectivity index (χ1n) is 7.56. The van der Waals surface area contributed by atoms with E-state index in [9.17, 15) is 4.79 Å². The first-order chi connectivity index (χ1) is 11.0. The van der Waals surface area contributed by atoms with Gasteiger partial charge in [-0.15, -0.1) is 0 Å². The lowest BCUT2D eigenvalue weighted by atomic mass is 9.75. The number of hydrogen-bond donors (Lipinski definition) is 0. The highest BCUT2D eigenvalue weighted by Gasteiger charge is 2.34. The molecule has 0 fully saturated rings. The molecule has 1 heterocycles. The van der Waals surface area contributed by atoms with Gasteiger partial charge in [0.1, 0.15) is 5.69 Å². The fourth-order valence-corrected chi connectivity index (χ4v) is 2.68. The number of nitriles is 1. The van der Waals surface area contributed by atoms with Gasteiger partial charge in [-0.1, -0.05) is 25.8 Å². The largest absolute Gasteiger partial charge is 0.294 e. The molecule has 1 aromatic heterocycles. The van der Waals surface area contributed by atoms with Crippen molar-refractivity contribution >= 4 is 5.78 Å². The highest BCUT2D eigenvalue weighted by molar-refractivity contribution is 6.01. The lowest BCUT2D eigenvalue weighted by Crippen LogP contribution is -2.31. The maximum absolute atomic E-state index is 12.4. The number of aromatic nitrogens is 1. The fraction of sp³-hybridized carbons (Fsp3) is 0.250. The van der Waals surface area contributed by atoms with Crippen LogP contribution in [0.4, 0.5) is 0 Å². The molecule has 1 aliphatic carbocycles. The Labute approximate surface area is 136 Å². The molecule has 0 atom stereocenters. The van der Waals surface area contributed by atoms with Crippen LogP contribution in [0, 0.1) is 28.6 Å². The van der Waals surface area contributed by atoms with E-state index in [0.717, 1.165) is 29.7 Å². The zero-order chi connectivity index (χ0) is 16.4. The lowest BCUT2D eigenvalue weighted by Gasteiger charge is -2.28. The molecule has 2 aromatic rings. The van der Waals surface area contributed by atoms with Gasteiger partial charge in [-0.2, -0.15) is 5.26 Å². The second-order valence-electron chi connectivity index (χ2n) is 6.35. The predicted octanol–water partition coefficient (Wildman–Crippen LogP) is 3.51. The number of Topliss-reactive ketones (excluding diaryl/α,β-unsaturated/α-hetero) is 1. The molecule has 1 aromatic carbocycles. The summed E-state index contributed by atoms with van der Waals surface area (Å²) >= 11 is 0. The van der Waals surface area contributed by atoms with Crippen LogP contribution in [0.3, 0.4) is 0 Å². The van der Waals surface area contributed by atoms with Crippen LogP contribution < -0.4 is 0 Å². The quantitative estimate of drug-likeness (QED) is 0.700. The van der Waals surface area contributed by atoms with Gasteiger partial charge >= 0.3 is 0 Å². The summed E-state index contributed by atoms with van der Waals surface area (Å²) in [5.41, 5.74) is 3.27. The van der Waals surface area contributed by atoms with Crippen LogP contribution in [0.2, 0.25) is 0 Å². The van der Waals surface area contributed by atoms with Crippen molar-refractivity contribution in [3.8, 4) is 17.9 Å². The third-order valence-corrected chi connectivity index (χ3v) is 4.15. The molecular weight excluding hydrogens is 284 g/mol. The Hall–Kier alpha value is -2.91. The van der Waals surface area contributed by atoms with Gasteiger partial charge in [0.25, 0.3) is 0 Å². The van der Waals surface area contributed by atoms with E-state index in [4.69, 9.17) is 5.26 Å². The van der Waals surface area contributed by atoms with Gasteiger partial charge in [-0.05, 0) is 49.1 Å². The van der Waals surface area contributed by atoms with Crippen LogP contribution in [-0.2, 0) is 6.42 Å². The van der Waals surface area contributed by atoms with Crippen molar-refractivity contribution in [1.82, 2.24) is 4.98 Å². The Kier molecular flexibility index (Phi) is 3.72. The second-order valence-corrected chi connectivity index (χ2v) is 6.35. The van der Waals surface area contributed by atoms with Gasteiger partial charge in [-0.25, -0.2) is 4.98 Å². The van der Waals surface area contributed by atoms with Crippen molar-refractivity contribution in [2.24, 2.45) is 5.41 Å². The molecule has 0 N–H and O–H groups in total. The maximum Gasteiger partial charge on any atom is 0.170 e. The van der Waals surface area contributed by atoms with Crippen molar-refractivity contribution in [2.75, 3.05) is 0 Å². The molecule has 3 heteroatoms. The summed E-state index contributed by atoms with van der Waals surface area (Å²) in [5, 5.41) is 8.90. The van der Waals surface area contributed by atoms with Crippen LogP contribution in [0.5, 0.6) is 0 Å². The molecule has 1 aliphatic rings. The molecule has 0 radical (unpaired) electrons. The number of aryl methyl sites for hydroxylation is 1. The zero-order valence-electron chi connectivity index (χ0n) is 13.2. The van der Waals surface area contributed by atoms with Crippen molar-refractivity contribution in [1.29, 1.82) is 5.26 Å². The molecule has 0 amide bonds. The van der Waals surface area contributed by atoms with Crippen LogP contribution >= 0.6 is 0 Å². The van der Waals surface area contributed by atoms with Crippen molar-refractivity contribution < 1.29 is 4.79 Å².